The van der Waals surface area contributed by atoms with Crippen LogP contribution in [-0.2, 0) is 16.2 Å². The summed E-state index contributed by atoms with van der Waals surface area (Å²) < 4.78 is 5.39. The van der Waals surface area contributed by atoms with Gasteiger partial charge in [0.1, 0.15) is 8.52 Å². The predicted octanol–water partition coefficient (Wildman–Crippen LogP) is 9.00. The molecule has 2 nitrogen and oxygen atoms in total. The maximum atomic E-state index is 5.39. The minimum Gasteiger partial charge on any atom is -0.322 e. The fraction of sp³-hybridized carbons (Fsp3) is 0.786. The van der Waals surface area contributed by atoms with Gasteiger partial charge < -0.3 is 5.09 Å². The molecule has 4 saturated carbocycles. The second-order valence-corrected chi connectivity index (χ2v) is 14.8. The van der Waals surface area contributed by atoms with Gasteiger partial charge in [-0.05, 0) is 89.2 Å². The molecule has 0 aliphatic heterocycles. The van der Waals surface area contributed by atoms with Crippen molar-refractivity contribution in [2.75, 3.05) is 5.09 Å². The topological polar surface area (TPSA) is 24.4 Å². The Morgan fingerprint density at radius 2 is 1.16 bits per heavy atom. The maximum Gasteiger partial charge on any atom is 0.125 e. The van der Waals surface area contributed by atoms with E-state index in [-0.39, 0.29) is 21.8 Å². The molecule has 1 N–H and O–H groups in total. The summed E-state index contributed by atoms with van der Waals surface area (Å²) in [5, 5.41) is 3.85. The van der Waals surface area contributed by atoms with Crippen LogP contribution in [0.2, 0.25) is 0 Å². The van der Waals surface area contributed by atoms with E-state index in [1.807, 2.05) is 0 Å². The van der Waals surface area contributed by atoms with E-state index in [0.717, 1.165) is 26.3 Å². The quantitative estimate of drug-likeness (QED) is 0.466. The van der Waals surface area contributed by atoms with E-state index >= 15 is 0 Å². The predicted molar refractivity (Wildman–Crippen MR) is 136 cm³/mol. The van der Waals surface area contributed by atoms with E-state index in [4.69, 9.17) is 4.74 Å². The van der Waals surface area contributed by atoms with Crippen molar-refractivity contribution in [1.29, 1.82) is 0 Å². The molecule has 4 aliphatic carbocycles. The number of anilines is 1. The Bertz CT molecular complexity index is 790. The molecule has 0 unspecified atom stereocenters. The first-order valence-electron chi connectivity index (χ1n) is 12.5. The molecule has 0 aromatic heterocycles. The van der Waals surface area contributed by atoms with Gasteiger partial charge in [0.2, 0.25) is 0 Å². The van der Waals surface area contributed by atoms with Crippen molar-refractivity contribution in [2.24, 2.45) is 22.5 Å². The molecule has 0 radical (unpaired) electrons. The maximum absolute atomic E-state index is 5.39. The highest BCUT2D eigenvalue weighted by molar-refractivity contribution is 7.28. The highest BCUT2D eigenvalue weighted by atomic mass is 31.1. The molecule has 1 aromatic carbocycles. The van der Waals surface area contributed by atoms with E-state index in [2.05, 4.69) is 79.5 Å². The zero-order chi connectivity index (χ0) is 22.8. The Morgan fingerprint density at radius 3 is 1.52 bits per heavy atom. The van der Waals surface area contributed by atoms with Gasteiger partial charge in [-0.15, -0.1) is 0 Å². The van der Waals surface area contributed by atoms with E-state index < -0.39 is 0 Å². The highest BCUT2D eigenvalue weighted by Crippen LogP contribution is 2.58. The molecule has 4 bridgehead atoms. The summed E-state index contributed by atoms with van der Waals surface area (Å²) in [6.45, 7) is 21.1. The average molecular weight is 441 g/mol. The first kappa shape index (κ1) is 23.3. The van der Waals surface area contributed by atoms with Crippen LogP contribution in [0.15, 0.2) is 16.9 Å². The van der Waals surface area contributed by atoms with Crippen LogP contribution in [0, 0.1) is 17.8 Å². The third-order valence-electron chi connectivity index (χ3n) is 8.05. The van der Waals surface area contributed by atoms with E-state index in [0.29, 0.717) is 0 Å². The van der Waals surface area contributed by atoms with Crippen LogP contribution in [0.25, 0.3) is 0 Å². The SMILES string of the molecule is CC(C)(C)c1cc(C(C)(C)C)c(NP=NC23CC4CC(CC(C4)C2)C3)c(C(C)(C)C)c1. The molecule has 0 spiro atoms. The fourth-order valence-corrected chi connectivity index (χ4v) is 7.60. The number of nitrogens with one attached hydrogen (secondary N) is 1. The molecule has 0 heterocycles. The summed E-state index contributed by atoms with van der Waals surface area (Å²) in [6.07, 6.45) is 8.47. The lowest BCUT2D eigenvalue weighted by molar-refractivity contribution is 0.00273. The molecule has 1 aromatic rings. The first-order valence-corrected chi connectivity index (χ1v) is 13.4. The lowest BCUT2D eigenvalue weighted by Gasteiger charge is -2.54. The fourth-order valence-electron chi connectivity index (χ4n) is 6.75. The summed E-state index contributed by atoms with van der Waals surface area (Å²) >= 11 is 0. The van der Waals surface area contributed by atoms with Gasteiger partial charge in [0.25, 0.3) is 0 Å². The van der Waals surface area contributed by atoms with E-state index in [1.165, 1.54) is 60.9 Å². The van der Waals surface area contributed by atoms with E-state index in [1.54, 1.807) is 0 Å². The number of hydrogen-bond donors (Lipinski definition) is 1. The summed E-state index contributed by atoms with van der Waals surface area (Å²) in [4.78, 5) is 0. The van der Waals surface area contributed by atoms with Crippen molar-refractivity contribution < 1.29 is 0 Å². The van der Waals surface area contributed by atoms with Gasteiger partial charge in [0.05, 0.1) is 11.2 Å². The van der Waals surface area contributed by atoms with Crippen LogP contribution in [0.3, 0.4) is 0 Å². The molecule has 31 heavy (non-hydrogen) atoms. The van der Waals surface area contributed by atoms with Crippen LogP contribution in [0.1, 0.15) is 118 Å². The van der Waals surface area contributed by atoms with Crippen molar-refractivity contribution in [3.8, 4) is 0 Å². The standard InChI is InChI=1S/C28H45N2P/c1-25(2,3)21-13-22(26(4,5)6)24(23(14-21)27(7,8)9)29-31-30-28-15-18-10-19(16-28)12-20(11-18)17-28/h13-14,18-20H,10-12,15-17H2,1-9H3,(H,29,30). The molecule has 0 amide bonds. The Morgan fingerprint density at radius 1 is 0.742 bits per heavy atom. The lowest BCUT2D eigenvalue weighted by Crippen LogP contribution is -2.49. The zero-order valence-corrected chi connectivity index (χ0v) is 22.4. The van der Waals surface area contributed by atoms with Gasteiger partial charge in [0.15, 0.2) is 0 Å². The number of rotatable bonds is 3. The molecule has 5 rings (SSSR count). The molecule has 4 aliphatic rings. The Hall–Kier alpha value is -0.880. The van der Waals surface area contributed by atoms with Crippen molar-refractivity contribution >= 4 is 14.2 Å². The smallest absolute Gasteiger partial charge is 0.125 e. The van der Waals surface area contributed by atoms with Crippen molar-refractivity contribution in [3.63, 3.8) is 0 Å². The summed E-state index contributed by atoms with van der Waals surface area (Å²) in [5.41, 5.74) is 6.18. The molecule has 0 atom stereocenters. The van der Waals surface area contributed by atoms with E-state index in [9.17, 15) is 0 Å². The highest BCUT2D eigenvalue weighted by Gasteiger charge is 2.51. The van der Waals surface area contributed by atoms with Gasteiger partial charge >= 0.3 is 0 Å². The van der Waals surface area contributed by atoms with Gasteiger partial charge in [0, 0.05) is 0 Å². The van der Waals surface area contributed by atoms with Gasteiger partial charge in [-0.2, -0.15) is 0 Å². The van der Waals surface area contributed by atoms with Crippen LogP contribution in [0.5, 0.6) is 0 Å². The Balaban J connectivity index is 1.71. The Kier molecular flexibility index (Phi) is 5.69. The van der Waals surface area contributed by atoms with Gasteiger partial charge in [-0.1, -0.05) is 74.4 Å². The Labute approximate surface area is 193 Å². The molecule has 172 valence electrons. The van der Waals surface area contributed by atoms with Gasteiger partial charge in [-0.25, -0.2) is 4.74 Å². The largest absolute Gasteiger partial charge is 0.322 e. The minimum absolute atomic E-state index is 0.0831. The zero-order valence-electron chi connectivity index (χ0n) is 21.5. The molecule has 0 saturated heterocycles. The normalized spacial score (nSPS) is 30.9. The summed E-state index contributed by atoms with van der Waals surface area (Å²) in [7, 11) is 1.05. The minimum atomic E-state index is 0.0831. The average Bonchev–Trinajstić information content (AvgIpc) is 2.57. The molecule has 4 fully saturated rings. The van der Waals surface area contributed by atoms with Crippen molar-refractivity contribution in [3.05, 3.63) is 28.8 Å². The van der Waals surface area contributed by atoms with Crippen molar-refractivity contribution in [2.45, 2.75) is 123 Å². The van der Waals surface area contributed by atoms with Crippen LogP contribution < -0.4 is 5.09 Å². The van der Waals surface area contributed by atoms with Crippen LogP contribution in [-0.4, -0.2) is 5.54 Å². The molecular formula is C28H45N2P. The lowest BCUT2D eigenvalue weighted by atomic mass is 9.53. The number of nitrogens with zero attached hydrogens (tertiary/aromatic N) is 1. The van der Waals surface area contributed by atoms with Crippen molar-refractivity contribution in [1.82, 2.24) is 0 Å². The molecule has 3 heteroatoms. The molecular weight excluding hydrogens is 395 g/mol. The number of hydrogen-bond acceptors (Lipinski definition) is 1. The monoisotopic (exact) mass is 440 g/mol. The van der Waals surface area contributed by atoms with Crippen LogP contribution in [0.4, 0.5) is 5.69 Å². The summed E-state index contributed by atoms with van der Waals surface area (Å²) in [5.74, 6) is 2.85. The number of benzene rings is 1. The van der Waals surface area contributed by atoms with Crippen LogP contribution >= 0.6 is 8.52 Å². The second kappa shape index (κ2) is 7.58. The summed E-state index contributed by atoms with van der Waals surface area (Å²) in [6, 6.07) is 4.91. The third kappa shape index (κ3) is 4.75. The second-order valence-electron chi connectivity index (χ2n) is 14.2. The first-order chi connectivity index (χ1) is 14.2. The van der Waals surface area contributed by atoms with Gasteiger partial charge in [-0.3, -0.25) is 0 Å². The third-order valence-corrected chi connectivity index (χ3v) is 8.90.